The topological polar surface area (TPSA) is 41.1 Å². The van der Waals surface area contributed by atoms with Gasteiger partial charge in [0.2, 0.25) is 5.95 Å². The summed E-state index contributed by atoms with van der Waals surface area (Å²) in [5.41, 5.74) is 2.28. The Morgan fingerprint density at radius 3 is 2.83 bits per heavy atom. The number of aryl methyl sites for hydroxylation is 1. The van der Waals surface area contributed by atoms with Crippen LogP contribution in [0.15, 0.2) is 6.20 Å². The highest BCUT2D eigenvalue weighted by molar-refractivity contribution is 5.34. The van der Waals surface area contributed by atoms with E-state index in [9.17, 15) is 0 Å². The minimum atomic E-state index is 0.489. The minimum Gasteiger partial charge on any atom is -0.341 e. The zero-order valence-corrected chi connectivity index (χ0v) is 11.9. The quantitative estimate of drug-likeness (QED) is 0.886. The number of nitrogens with one attached hydrogen (secondary N) is 1. The van der Waals surface area contributed by atoms with Crippen LogP contribution in [0.25, 0.3) is 0 Å². The first kappa shape index (κ1) is 13.3. The van der Waals surface area contributed by atoms with Gasteiger partial charge in [-0.15, -0.1) is 0 Å². The molecule has 0 radical (unpaired) electrons. The first-order valence-electron chi connectivity index (χ1n) is 6.87. The molecule has 1 atom stereocenters. The highest BCUT2D eigenvalue weighted by Gasteiger charge is 2.21. The lowest BCUT2D eigenvalue weighted by Crippen LogP contribution is -2.24. The Labute approximate surface area is 110 Å². The molecule has 1 aromatic rings. The largest absolute Gasteiger partial charge is 0.341 e. The van der Waals surface area contributed by atoms with Gasteiger partial charge in [0.15, 0.2) is 0 Å². The second-order valence-electron chi connectivity index (χ2n) is 5.66. The number of aromatic nitrogens is 2. The molecule has 1 aliphatic rings. The molecule has 0 aromatic carbocycles. The summed E-state index contributed by atoms with van der Waals surface area (Å²) < 4.78 is 0. The van der Waals surface area contributed by atoms with Crippen molar-refractivity contribution in [3.8, 4) is 0 Å². The molecule has 0 amide bonds. The molecule has 0 saturated carbocycles. The van der Waals surface area contributed by atoms with Gasteiger partial charge in [0.1, 0.15) is 0 Å². The summed E-state index contributed by atoms with van der Waals surface area (Å²) in [7, 11) is 0. The summed E-state index contributed by atoms with van der Waals surface area (Å²) >= 11 is 0. The lowest BCUT2D eigenvalue weighted by molar-refractivity contribution is 0.584. The fourth-order valence-corrected chi connectivity index (χ4v) is 2.24. The summed E-state index contributed by atoms with van der Waals surface area (Å²) in [6, 6.07) is 0.489. The van der Waals surface area contributed by atoms with Crippen molar-refractivity contribution in [1.82, 2.24) is 15.3 Å². The molecule has 1 aromatic heterocycles. The van der Waals surface area contributed by atoms with Crippen LogP contribution >= 0.6 is 0 Å². The molecule has 1 unspecified atom stereocenters. The maximum Gasteiger partial charge on any atom is 0.225 e. The standard InChI is InChI=1S/C14H24N4/c1-10(2)15-7-13-8-16-14(17-12(13)4)18-6-5-11(3)9-18/h8,10-11,15H,5-7,9H2,1-4H3. The molecular weight excluding hydrogens is 224 g/mol. The van der Waals surface area contributed by atoms with Gasteiger partial charge in [-0.1, -0.05) is 20.8 Å². The van der Waals surface area contributed by atoms with Crippen LogP contribution in [0.2, 0.25) is 0 Å². The van der Waals surface area contributed by atoms with E-state index < -0.39 is 0 Å². The molecule has 1 aliphatic heterocycles. The van der Waals surface area contributed by atoms with Crippen LogP contribution in [0, 0.1) is 12.8 Å². The van der Waals surface area contributed by atoms with Crippen LogP contribution in [0.4, 0.5) is 5.95 Å². The Kier molecular flexibility index (Phi) is 4.17. The molecule has 18 heavy (non-hydrogen) atoms. The van der Waals surface area contributed by atoms with Crippen molar-refractivity contribution >= 4 is 5.95 Å². The molecule has 2 rings (SSSR count). The first-order valence-corrected chi connectivity index (χ1v) is 6.87. The Morgan fingerprint density at radius 2 is 2.28 bits per heavy atom. The van der Waals surface area contributed by atoms with Crippen molar-refractivity contribution in [2.75, 3.05) is 18.0 Å². The van der Waals surface area contributed by atoms with Crippen LogP contribution in [0.3, 0.4) is 0 Å². The third-order valence-electron chi connectivity index (χ3n) is 3.48. The van der Waals surface area contributed by atoms with Crippen LogP contribution in [-0.4, -0.2) is 29.1 Å². The van der Waals surface area contributed by atoms with Crippen LogP contribution in [-0.2, 0) is 6.54 Å². The van der Waals surface area contributed by atoms with E-state index in [0.29, 0.717) is 6.04 Å². The molecule has 0 aliphatic carbocycles. The second-order valence-corrected chi connectivity index (χ2v) is 5.66. The highest BCUT2D eigenvalue weighted by atomic mass is 15.3. The summed E-state index contributed by atoms with van der Waals surface area (Å²) in [6.07, 6.45) is 3.22. The van der Waals surface area contributed by atoms with Crippen LogP contribution < -0.4 is 10.2 Å². The third kappa shape index (κ3) is 3.19. The van der Waals surface area contributed by atoms with Crippen LogP contribution in [0.1, 0.15) is 38.4 Å². The van der Waals surface area contributed by atoms with E-state index in [4.69, 9.17) is 0 Å². The fraction of sp³-hybridized carbons (Fsp3) is 0.714. The predicted molar refractivity (Wildman–Crippen MR) is 74.7 cm³/mol. The number of rotatable bonds is 4. The summed E-state index contributed by atoms with van der Waals surface area (Å²) in [5.74, 6) is 1.65. The molecule has 1 saturated heterocycles. The SMILES string of the molecule is Cc1nc(N2CCC(C)C2)ncc1CNC(C)C. The van der Waals surface area contributed by atoms with Crippen molar-refractivity contribution in [2.24, 2.45) is 5.92 Å². The molecular formula is C14H24N4. The van der Waals surface area contributed by atoms with E-state index in [1.165, 1.54) is 12.0 Å². The van der Waals surface area contributed by atoms with Crippen molar-refractivity contribution in [1.29, 1.82) is 0 Å². The zero-order chi connectivity index (χ0) is 13.1. The van der Waals surface area contributed by atoms with Crippen molar-refractivity contribution in [2.45, 2.75) is 46.7 Å². The van der Waals surface area contributed by atoms with Gasteiger partial charge in [0, 0.05) is 43.1 Å². The Bertz CT molecular complexity index is 403. The van der Waals surface area contributed by atoms with E-state index in [2.05, 4.69) is 47.9 Å². The van der Waals surface area contributed by atoms with Gasteiger partial charge in [0.25, 0.3) is 0 Å². The maximum absolute atomic E-state index is 4.64. The van der Waals surface area contributed by atoms with E-state index in [1.54, 1.807) is 0 Å². The molecule has 1 fully saturated rings. The van der Waals surface area contributed by atoms with Crippen LogP contribution in [0.5, 0.6) is 0 Å². The monoisotopic (exact) mass is 248 g/mol. The minimum absolute atomic E-state index is 0.489. The Balaban J connectivity index is 2.05. The lowest BCUT2D eigenvalue weighted by atomic mass is 10.2. The summed E-state index contributed by atoms with van der Waals surface area (Å²) in [4.78, 5) is 11.4. The van der Waals surface area contributed by atoms with Crippen molar-refractivity contribution in [3.63, 3.8) is 0 Å². The molecule has 0 spiro atoms. The third-order valence-corrected chi connectivity index (χ3v) is 3.48. The molecule has 4 nitrogen and oxygen atoms in total. The fourth-order valence-electron chi connectivity index (χ4n) is 2.24. The van der Waals surface area contributed by atoms with E-state index in [1.807, 2.05) is 6.20 Å². The van der Waals surface area contributed by atoms with E-state index in [0.717, 1.165) is 37.2 Å². The lowest BCUT2D eigenvalue weighted by Gasteiger charge is -2.17. The second kappa shape index (κ2) is 5.65. The van der Waals surface area contributed by atoms with Gasteiger partial charge in [-0.05, 0) is 19.3 Å². The average Bonchev–Trinajstić information content (AvgIpc) is 2.74. The summed E-state index contributed by atoms with van der Waals surface area (Å²) in [5, 5.41) is 3.41. The maximum atomic E-state index is 4.64. The van der Waals surface area contributed by atoms with E-state index >= 15 is 0 Å². The van der Waals surface area contributed by atoms with Gasteiger partial charge >= 0.3 is 0 Å². The molecule has 4 heteroatoms. The molecule has 100 valence electrons. The van der Waals surface area contributed by atoms with Gasteiger partial charge in [-0.2, -0.15) is 0 Å². The van der Waals surface area contributed by atoms with E-state index in [-0.39, 0.29) is 0 Å². The number of hydrogen-bond acceptors (Lipinski definition) is 4. The number of nitrogens with zero attached hydrogens (tertiary/aromatic N) is 3. The summed E-state index contributed by atoms with van der Waals surface area (Å²) in [6.45, 7) is 11.7. The van der Waals surface area contributed by atoms with Crippen molar-refractivity contribution in [3.05, 3.63) is 17.5 Å². The van der Waals surface area contributed by atoms with Gasteiger partial charge < -0.3 is 10.2 Å². The Morgan fingerprint density at radius 1 is 1.50 bits per heavy atom. The van der Waals surface area contributed by atoms with Crippen molar-refractivity contribution < 1.29 is 0 Å². The number of anilines is 1. The predicted octanol–water partition coefficient (Wildman–Crippen LogP) is 2.13. The highest BCUT2D eigenvalue weighted by Crippen LogP contribution is 2.20. The first-order chi connectivity index (χ1) is 8.56. The number of hydrogen-bond donors (Lipinski definition) is 1. The van der Waals surface area contributed by atoms with Gasteiger partial charge in [-0.25, -0.2) is 9.97 Å². The van der Waals surface area contributed by atoms with Gasteiger partial charge in [-0.3, -0.25) is 0 Å². The molecule has 1 N–H and O–H groups in total. The molecule has 2 heterocycles. The normalized spacial score (nSPS) is 19.8. The Hall–Kier alpha value is -1.16. The average molecular weight is 248 g/mol. The van der Waals surface area contributed by atoms with Gasteiger partial charge in [0.05, 0.1) is 0 Å². The zero-order valence-electron chi connectivity index (χ0n) is 11.9. The molecule has 0 bridgehead atoms. The smallest absolute Gasteiger partial charge is 0.225 e.